The number of carbonyl (C=O) groups is 1. The van der Waals surface area contributed by atoms with E-state index >= 15 is 0 Å². The molecular weight excluding hydrogens is 276 g/mol. The van der Waals surface area contributed by atoms with Crippen LogP contribution in [0.5, 0.6) is 5.75 Å². The molecule has 122 valence electrons. The third-order valence-electron chi connectivity index (χ3n) is 4.47. The summed E-state index contributed by atoms with van der Waals surface area (Å²) in [5.41, 5.74) is 2.05. The molecule has 1 N–H and O–H groups in total. The van der Waals surface area contributed by atoms with Crippen molar-refractivity contribution in [1.82, 2.24) is 0 Å². The molecule has 1 aliphatic heterocycles. The van der Waals surface area contributed by atoms with Gasteiger partial charge in [0.05, 0.1) is 5.56 Å². The van der Waals surface area contributed by atoms with E-state index in [9.17, 15) is 9.90 Å². The quantitative estimate of drug-likeness (QED) is 0.782. The smallest absolute Gasteiger partial charge is 0.335 e. The van der Waals surface area contributed by atoms with Gasteiger partial charge in [0.15, 0.2) is 0 Å². The molecule has 1 aromatic carbocycles. The van der Waals surface area contributed by atoms with Crippen LogP contribution < -0.4 is 4.74 Å². The molecule has 0 saturated carbocycles. The molecule has 0 spiro atoms. The van der Waals surface area contributed by atoms with Gasteiger partial charge in [-0.1, -0.05) is 33.6 Å². The van der Waals surface area contributed by atoms with Crippen molar-refractivity contribution in [2.24, 2.45) is 0 Å². The summed E-state index contributed by atoms with van der Waals surface area (Å²) in [5, 5.41) is 9.56. The van der Waals surface area contributed by atoms with Gasteiger partial charge in [-0.25, -0.2) is 4.79 Å². The maximum Gasteiger partial charge on any atom is 0.335 e. The van der Waals surface area contributed by atoms with E-state index in [-0.39, 0.29) is 11.0 Å². The molecule has 1 aromatic rings. The largest absolute Gasteiger partial charge is 0.488 e. The Morgan fingerprint density at radius 3 is 2.50 bits per heavy atom. The molecular formula is C19H28O3. The van der Waals surface area contributed by atoms with Crippen LogP contribution in [0.25, 0.3) is 0 Å². The number of carboxylic acids is 1. The maximum atomic E-state index is 11.6. The zero-order chi connectivity index (χ0) is 16.5. The first-order valence-corrected chi connectivity index (χ1v) is 8.26. The summed E-state index contributed by atoms with van der Waals surface area (Å²) in [4.78, 5) is 11.6. The van der Waals surface area contributed by atoms with Gasteiger partial charge in [0.2, 0.25) is 0 Å². The maximum absolute atomic E-state index is 11.6. The summed E-state index contributed by atoms with van der Waals surface area (Å²) in [7, 11) is 0. The van der Waals surface area contributed by atoms with Crippen LogP contribution in [0.4, 0.5) is 0 Å². The summed E-state index contributed by atoms with van der Waals surface area (Å²) in [6.45, 7) is 10.7. The lowest BCUT2D eigenvalue weighted by atomic mass is 9.73. The van der Waals surface area contributed by atoms with Crippen molar-refractivity contribution >= 4 is 5.97 Å². The number of hydrogen-bond acceptors (Lipinski definition) is 2. The van der Waals surface area contributed by atoms with Gasteiger partial charge in [0.1, 0.15) is 11.4 Å². The Bertz CT molecular complexity index is 570. The fraction of sp³-hybridized carbons (Fsp3) is 0.632. The van der Waals surface area contributed by atoms with Crippen molar-refractivity contribution in [3.8, 4) is 5.75 Å². The molecule has 0 atom stereocenters. The van der Waals surface area contributed by atoms with E-state index in [1.54, 1.807) is 0 Å². The highest BCUT2D eigenvalue weighted by atomic mass is 16.5. The van der Waals surface area contributed by atoms with Crippen molar-refractivity contribution < 1.29 is 14.6 Å². The predicted octanol–water partition coefficient (Wildman–Crippen LogP) is 4.96. The van der Waals surface area contributed by atoms with Crippen molar-refractivity contribution in [1.29, 1.82) is 0 Å². The second-order valence-corrected chi connectivity index (χ2v) is 7.69. The van der Waals surface area contributed by atoms with E-state index in [1.165, 1.54) is 0 Å². The van der Waals surface area contributed by atoms with E-state index < -0.39 is 5.97 Å². The fourth-order valence-corrected chi connectivity index (χ4v) is 3.70. The van der Waals surface area contributed by atoms with Gasteiger partial charge in [0.25, 0.3) is 0 Å². The summed E-state index contributed by atoms with van der Waals surface area (Å²) >= 11 is 0. The van der Waals surface area contributed by atoms with Crippen LogP contribution in [-0.4, -0.2) is 16.7 Å². The number of hydrogen-bond donors (Lipinski definition) is 1. The summed E-state index contributed by atoms with van der Waals surface area (Å²) in [5.74, 6) is 0.0210. The molecule has 3 nitrogen and oxygen atoms in total. The molecule has 1 heterocycles. The van der Waals surface area contributed by atoms with Crippen molar-refractivity contribution in [2.75, 3.05) is 0 Å². The molecule has 1 aliphatic rings. The molecule has 0 aliphatic carbocycles. The zero-order valence-electron chi connectivity index (χ0n) is 14.5. The number of rotatable bonds is 5. The van der Waals surface area contributed by atoms with Crippen LogP contribution in [0.15, 0.2) is 12.1 Å². The van der Waals surface area contributed by atoms with Gasteiger partial charge in [-0.05, 0) is 56.2 Å². The van der Waals surface area contributed by atoms with Crippen LogP contribution >= 0.6 is 0 Å². The Hall–Kier alpha value is -1.51. The minimum atomic E-state index is -0.838. The lowest BCUT2D eigenvalue weighted by molar-refractivity contribution is 0.0531. The molecule has 0 unspecified atom stereocenters. The molecule has 22 heavy (non-hydrogen) atoms. The number of fused-ring (bicyclic) bond motifs is 1. The zero-order valence-corrected chi connectivity index (χ0v) is 14.5. The van der Waals surface area contributed by atoms with Crippen LogP contribution in [0.3, 0.4) is 0 Å². The van der Waals surface area contributed by atoms with Gasteiger partial charge >= 0.3 is 5.97 Å². The topological polar surface area (TPSA) is 46.5 Å². The van der Waals surface area contributed by atoms with Crippen LogP contribution in [0.1, 0.15) is 81.8 Å². The van der Waals surface area contributed by atoms with E-state index in [0.29, 0.717) is 5.56 Å². The second-order valence-electron chi connectivity index (χ2n) is 7.69. The van der Waals surface area contributed by atoms with E-state index in [4.69, 9.17) is 4.74 Å². The average molecular weight is 304 g/mol. The normalized spacial score (nSPS) is 18.4. The highest BCUT2D eigenvalue weighted by molar-refractivity contribution is 5.90. The molecule has 3 heteroatoms. The van der Waals surface area contributed by atoms with Gasteiger partial charge < -0.3 is 9.84 Å². The van der Waals surface area contributed by atoms with Crippen molar-refractivity contribution in [3.05, 3.63) is 28.8 Å². The fourth-order valence-electron chi connectivity index (χ4n) is 3.70. The molecule has 0 fully saturated rings. The first-order chi connectivity index (χ1) is 10.2. The SMILES string of the molecule is CCCCCc1cc2c(cc1C(=O)O)C(C)(C)CC(C)(C)O2. The lowest BCUT2D eigenvalue weighted by Crippen LogP contribution is -2.41. The molecule has 0 saturated heterocycles. The Morgan fingerprint density at radius 2 is 1.91 bits per heavy atom. The van der Waals surface area contributed by atoms with E-state index in [1.807, 2.05) is 12.1 Å². The van der Waals surface area contributed by atoms with Crippen LogP contribution in [0, 0.1) is 0 Å². The summed E-state index contributed by atoms with van der Waals surface area (Å²) in [6.07, 6.45) is 4.94. The standard InChI is InChI=1S/C19H28O3/c1-6-7-8-9-13-10-16-15(11-14(13)17(20)21)18(2,3)12-19(4,5)22-16/h10-11H,6-9,12H2,1-5H3,(H,20,21). The number of benzene rings is 1. The Morgan fingerprint density at radius 1 is 1.23 bits per heavy atom. The molecule has 0 amide bonds. The minimum absolute atomic E-state index is 0.0801. The number of aromatic carboxylic acids is 1. The van der Waals surface area contributed by atoms with Crippen LogP contribution in [-0.2, 0) is 11.8 Å². The van der Waals surface area contributed by atoms with Crippen LogP contribution in [0.2, 0.25) is 0 Å². The number of aryl methyl sites for hydroxylation is 1. The first-order valence-electron chi connectivity index (χ1n) is 8.26. The third-order valence-corrected chi connectivity index (χ3v) is 4.47. The van der Waals surface area contributed by atoms with E-state index in [0.717, 1.165) is 49.0 Å². The van der Waals surface area contributed by atoms with Gasteiger partial charge in [-0.3, -0.25) is 0 Å². The average Bonchev–Trinajstić information content (AvgIpc) is 2.35. The lowest BCUT2D eigenvalue weighted by Gasteiger charge is -2.42. The van der Waals surface area contributed by atoms with Gasteiger partial charge in [-0.15, -0.1) is 0 Å². The number of unbranched alkanes of at least 4 members (excludes halogenated alkanes) is 2. The number of ether oxygens (including phenoxy) is 1. The number of carboxylic acid groups (broad SMARTS) is 1. The van der Waals surface area contributed by atoms with E-state index in [2.05, 4.69) is 34.6 Å². The van der Waals surface area contributed by atoms with Gasteiger partial charge in [0, 0.05) is 5.56 Å². The highest BCUT2D eigenvalue weighted by Gasteiger charge is 2.39. The monoisotopic (exact) mass is 304 g/mol. The van der Waals surface area contributed by atoms with Crippen molar-refractivity contribution in [2.45, 2.75) is 77.7 Å². The third kappa shape index (κ3) is 3.45. The van der Waals surface area contributed by atoms with Gasteiger partial charge in [-0.2, -0.15) is 0 Å². The summed E-state index contributed by atoms with van der Waals surface area (Å²) < 4.78 is 6.14. The highest BCUT2D eigenvalue weighted by Crippen LogP contribution is 2.45. The van der Waals surface area contributed by atoms with Crippen molar-refractivity contribution in [3.63, 3.8) is 0 Å². The summed E-state index contributed by atoms with van der Waals surface area (Å²) in [6, 6.07) is 3.81. The molecule has 0 aromatic heterocycles. The second kappa shape index (κ2) is 5.94. The Labute approximate surface area is 133 Å². The Balaban J connectivity index is 2.47. The molecule has 2 rings (SSSR count). The minimum Gasteiger partial charge on any atom is -0.488 e. The predicted molar refractivity (Wildman–Crippen MR) is 89.0 cm³/mol. The molecule has 0 bridgehead atoms. The molecule has 0 radical (unpaired) electrons. The first kappa shape index (κ1) is 16.9. The Kier molecular flexibility index (Phi) is 4.55.